The highest BCUT2D eigenvalue weighted by molar-refractivity contribution is 5.93. The lowest BCUT2D eigenvalue weighted by atomic mass is 10.0. The van der Waals surface area contributed by atoms with Crippen LogP contribution >= 0.6 is 0 Å². The lowest BCUT2D eigenvalue weighted by Crippen LogP contribution is -2.30. The van der Waals surface area contributed by atoms with Crippen molar-refractivity contribution in [1.82, 2.24) is 15.1 Å². The van der Waals surface area contributed by atoms with Gasteiger partial charge in [0.15, 0.2) is 5.69 Å². The summed E-state index contributed by atoms with van der Waals surface area (Å²) in [4.78, 5) is 23.7. The highest BCUT2D eigenvalue weighted by Gasteiger charge is 2.30. The normalized spacial score (nSPS) is 12.4. The monoisotopic (exact) mass is 419 g/mol. The number of hydrogen-bond acceptors (Lipinski definition) is 4. The number of benzene rings is 2. The first-order chi connectivity index (χ1) is 14.1. The number of para-hydroxylation sites is 1. The van der Waals surface area contributed by atoms with Crippen molar-refractivity contribution < 1.29 is 33.0 Å². The molecule has 0 aliphatic heterocycles. The fourth-order valence-electron chi connectivity index (χ4n) is 2.80. The second kappa shape index (κ2) is 8.27. The smallest absolute Gasteiger partial charge is 0.416 e. The van der Waals surface area contributed by atoms with Gasteiger partial charge in [-0.05, 0) is 29.8 Å². The summed E-state index contributed by atoms with van der Waals surface area (Å²) in [5.74, 6) is -2.35. The van der Waals surface area contributed by atoms with Crippen molar-refractivity contribution in [3.8, 4) is 11.6 Å². The maximum absolute atomic E-state index is 12.7. The van der Waals surface area contributed by atoms with E-state index in [9.17, 15) is 27.9 Å². The molecule has 1 heterocycles. The van der Waals surface area contributed by atoms with Gasteiger partial charge in [0.05, 0.1) is 23.7 Å². The zero-order valence-electron chi connectivity index (χ0n) is 15.3. The molecule has 3 aromatic rings. The van der Waals surface area contributed by atoms with E-state index in [1.165, 1.54) is 0 Å². The molecule has 1 amide bonds. The molecule has 0 bridgehead atoms. The first-order valence-corrected chi connectivity index (χ1v) is 8.69. The Morgan fingerprint density at radius 1 is 1.07 bits per heavy atom. The summed E-state index contributed by atoms with van der Waals surface area (Å²) in [6.45, 7) is 0. The number of aromatic hydroxyl groups is 1. The molecular weight excluding hydrogens is 403 g/mol. The van der Waals surface area contributed by atoms with Gasteiger partial charge >= 0.3 is 12.1 Å². The van der Waals surface area contributed by atoms with Crippen LogP contribution in [0, 0.1) is 0 Å². The SMILES string of the molecule is O=C(O)C[C@H](NC(=O)c1cc(O)n(-c2ccccc2)n1)c1ccc(C(F)(F)F)cc1. The number of aliphatic carboxylic acids is 1. The summed E-state index contributed by atoms with van der Waals surface area (Å²) in [7, 11) is 0. The van der Waals surface area contributed by atoms with Gasteiger partial charge in [0.1, 0.15) is 0 Å². The molecule has 156 valence electrons. The molecule has 3 N–H and O–H groups in total. The van der Waals surface area contributed by atoms with Crippen LogP contribution in [0.1, 0.15) is 34.1 Å². The van der Waals surface area contributed by atoms with Crippen LogP contribution in [-0.4, -0.2) is 31.9 Å². The number of aromatic nitrogens is 2. The van der Waals surface area contributed by atoms with Crippen LogP contribution in [0.5, 0.6) is 5.88 Å². The number of hydrogen-bond donors (Lipinski definition) is 3. The number of nitrogens with one attached hydrogen (secondary N) is 1. The molecule has 1 aromatic heterocycles. The molecule has 1 atom stereocenters. The van der Waals surface area contributed by atoms with Crippen LogP contribution < -0.4 is 5.32 Å². The van der Waals surface area contributed by atoms with Gasteiger partial charge in [-0.15, -0.1) is 0 Å². The molecule has 0 aliphatic rings. The molecule has 0 fully saturated rings. The maximum atomic E-state index is 12.7. The van der Waals surface area contributed by atoms with Gasteiger partial charge in [0.25, 0.3) is 5.91 Å². The largest absolute Gasteiger partial charge is 0.493 e. The second-order valence-corrected chi connectivity index (χ2v) is 6.38. The molecule has 0 radical (unpaired) electrons. The van der Waals surface area contributed by atoms with Crippen LogP contribution in [0.4, 0.5) is 13.2 Å². The minimum absolute atomic E-state index is 0.182. The van der Waals surface area contributed by atoms with Gasteiger partial charge in [-0.1, -0.05) is 30.3 Å². The molecule has 2 aromatic carbocycles. The zero-order chi connectivity index (χ0) is 21.9. The standard InChI is InChI=1S/C20H16F3N3O4/c21-20(22,23)13-8-6-12(7-9-13)15(11-18(28)29)24-19(30)16-10-17(27)26(25-16)14-4-2-1-3-5-14/h1-10,15,27H,11H2,(H,24,30)(H,28,29)/t15-/m0/s1. The molecule has 30 heavy (non-hydrogen) atoms. The maximum Gasteiger partial charge on any atom is 0.416 e. The average molecular weight is 419 g/mol. The number of nitrogens with zero attached hydrogens (tertiary/aromatic N) is 2. The Morgan fingerprint density at radius 2 is 1.70 bits per heavy atom. The van der Waals surface area contributed by atoms with E-state index in [1.54, 1.807) is 30.3 Å². The number of carbonyl (C=O) groups is 2. The molecule has 7 nitrogen and oxygen atoms in total. The summed E-state index contributed by atoms with van der Waals surface area (Å²) >= 11 is 0. The average Bonchev–Trinajstić information content (AvgIpc) is 3.09. The lowest BCUT2D eigenvalue weighted by Gasteiger charge is -2.17. The Kier molecular flexibility index (Phi) is 5.77. The fraction of sp³-hybridized carbons (Fsp3) is 0.150. The topological polar surface area (TPSA) is 104 Å². The van der Waals surface area contributed by atoms with Crippen LogP contribution in [0.15, 0.2) is 60.7 Å². The van der Waals surface area contributed by atoms with Crippen LogP contribution in [0.25, 0.3) is 5.69 Å². The molecule has 0 saturated heterocycles. The first-order valence-electron chi connectivity index (χ1n) is 8.69. The summed E-state index contributed by atoms with van der Waals surface area (Å²) in [5.41, 5.74) is -0.388. The van der Waals surface area contributed by atoms with Crippen LogP contribution in [-0.2, 0) is 11.0 Å². The summed E-state index contributed by atoms with van der Waals surface area (Å²) < 4.78 is 39.4. The van der Waals surface area contributed by atoms with Gasteiger partial charge in [0, 0.05) is 6.07 Å². The molecule has 0 spiro atoms. The number of amides is 1. The third kappa shape index (κ3) is 4.77. The van der Waals surface area contributed by atoms with Gasteiger partial charge in [-0.3, -0.25) is 9.59 Å². The Bertz CT molecular complexity index is 1050. The van der Waals surface area contributed by atoms with Gasteiger partial charge in [-0.25, -0.2) is 4.68 Å². The Balaban J connectivity index is 1.83. The molecule has 0 unspecified atom stereocenters. The summed E-state index contributed by atoms with van der Waals surface area (Å²) in [6.07, 6.45) is -5.09. The van der Waals surface area contributed by atoms with Crippen molar-refractivity contribution in [2.75, 3.05) is 0 Å². The number of alkyl halides is 3. The van der Waals surface area contributed by atoms with Crippen molar-refractivity contribution >= 4 is 11.9 Å². The number of carboxylic acid groups (broad SMARTS) is 1. The van der Waals surface area contributed by atoms with E-state index in [0.717, 1.165) is 35.0 Å². The molecule has 3 rings (SSSR count). The van der Waals surface area contributed by atoms with Gasteiger partial charge in [-0.2, -0.15) is 18.3 Å². The van der Waals surface area contributed by atoms with Crippen LogP contribution in [0.2, 0.25) is 0 Å². The van der Waals surface area contributed by atoms with E-state index < -0.39 is 36.1 Å². The fourth-order valence-corrected chi connectivity index (χ4v) is 2.80. The van der Waals surface area contributed by atoms with E-state index in [1.807, 2.05) is 0 Å². The van der Waals surface area contributed by atoms with Crippen molar-refractivity contribution in [1.29, 1.82) is 0 Å². The number of carbonyl (C=O) groups excluding carboxylic acids is 1. The van der Waals surface area contributed by atoms with Gasteiger partial charge in [0.2, 0.25) is 5.88 Å². The highest BCUT2D eigenvalue weighted by Crippen LogP contribution is 2.30. The summed E-state index contributed by atoms with van der Waals surface area (Å²) in [5, 5.41) is 25.6. The minimum atomic E-state index is -4.54. The number of carboxylic acids is 1. The third-order valence-corrected chi connectivity index (χ3v) is 4.25. The van der Waals surface area contributed by atoms with Crippen molar-refractivity contribution in [3.05, 3.63) is 77.5 Å². The first kappa shape index (κ1) is 20.9. The quantitative estimate of drug-likeness (QED) is 0.567. The summed E-state index contributed by atoms with van der Waals surface area (Å²) in [6, 6.07) is 12.3. The third-order valence-electron chi connectivity index (χ3n) is 4.25. The van der Waals surface area contributed by atoms with Crippen molar-refractivity contribution in [2.45, 2.75) is 18.6 Å². The van der Waals surface area contributed by atoms with E-state index in [4.69, 9.17) is 5.11 Å². The number of rotatable bonds is 6. The van der Waals surface area contributed by atoms with E-state index in [-0.39, 0.29) is 17.1 Å². The van der Waals surface area contributed by atoms with Gasteiger partial charge < -0.3 is 15.5 Å². The number of halogens is 3. The predicted octanol–water partition coefficient (Wildman–Crippen LogP) is 3.54. The van der Waals surface area contributed by atoms with E-state index >= 15 is 0 Å². The molecular formula is C20H16F3N3O4. The van der Waals surface area contributed by atoms with Crippen LogP contribution in [0.3, 0.4) is 0 Å². The second-order valence-electron chi connectivity index (χ2n) is 6.38. The van der Waals surface area contributed by atoms with E-state index in [0.29, 0.717) is 5.69 Å². The minimum Gasteiger partial charge on any atom is -0.493 e. The van der Waals surface area contributed by atoms with Crippen molar-refractivity contribution in [2.24, 2.45) is 0 Å². The lowest BCUT2D eigenvalue weighted by molar-refractivity contribution is -0.138. The highest BCUT2D eigenvalue weighted by atomic mass is 19.4. The molecule has 0 aliphatic carbocycles. The zero-order valence-corrected chi connectivity index (χ0v) is 15.3. The molecule has 0 saturated carbocycles. The predicted molar refractivity (Wildman–Crippen MR) is 99.1 cm³/mol. The Labute approximate surface area is 168 Å². The van der Waals surface area contributed by atoms with Crippen molar-refractivity contribution in [3.63, 3.8) is 0 Å². The molecule has 10 heteroatoms. The Hall–Kier alpha value is -3.82. The van der Waals surface area contributed by atoms with E-state index in [2.05, 4.69) is 10.4 Å². The Morgan fingerprint density at radius 3 is 2.27 bits per heavy atom.